The van der Waals surface area contributed by atoms with Gasteiger partial charge in [-0.05, 0) is 36.8 Å². The van der Waals surface area contributed by atoms with E-state index in [9.17, 15) is 9.90 Å². The van der Waals surface area contributed by atoms with E-state index in [1.807, 2.05) is 37.3 Å². The van der Waals surface area contributed by atoms with Gasteiger partial charge in [0.15, 0.2) is 0 Å². The fourth-order valence-corrected chi connectivity index (χ4v) is 3.24. The number of pyridine rings is 1. The van der Waals surface area contributed by atoms with Crippen LogP contribution >= 0.6 is 0 Å². The van der Waals surface area contributed by atoms with Gasteiger partial charge in [0.1, 0.15) is 30.2 Å². The van der Waals surface area contributed by atoms with Gasteiger partial charge in [0.25, 0.3) is 0 Å². The van der Waals surface area contributed by atoms with Crippen LogP contribution in [0.3, 0.4) is 0 Å². The van der Waals surface area contributed by atoms with Gasteiger partial charge in [-0.1, -0.05) is 13.0 Å². The lowest BCUT2D eigenvalue weighted by atomic mass is 10.1. The molecule has 2 atom stereocenters. The highest BCUT2D eigenvalue weighted by Crippen LogP contribution is 2.26. The Bertz CT molecular complexity index is 973. The second-order valence-corrected chi connectivity index (χ2v) is 7.64. The van der Waals surface area contributed by atoms with Crippen LogP contribution in [0.2, 0.25) is 0 Å². The van der Waals surface area contributed by atoms with Crippen molar-refractivity contribution in [1.29, 1.82) is 0 Å². The van der Waals surface area contributed by atoms with E-state index in [1.54, 1.807) is 43.7 Å². The summed E-state index contributed by atoms with van der Waals surface area (Å²) in [5.41, 5.74) is 2.35. The number of carbonyl (C=O) groups is 1. The molecule has 0 aliphatic carbocycles. The molecule has 32 heavy (non-hydrogen) atoms. The van der Waals surface area contributed by atoms with Crippen molar-refractivity contribution in [3.8, 4) is 17.0 Å². The van der Waals surface area contributed by atoms with Crippen LogP contribution in [-0.4, -0.2) is 59.7 Å². The van der Waals surface area contributed by atoms with Gasteiger partial charge in [-0.25, -0.2) is 4.98 Å². The zero-order valence-electron chi connectivity index (χ0n) is 18.7. The number of oxazole rings is 1. The molecule has 3 aromatic rings. The van der Waals surface area contributed by atoms with Crippen molar-refractivity contribution >= 4 is 5.91 Å². The Kier molecular flexibility index (Phi) is 8.35. The van der Waals surface area contributed by atoms with E-state index in [2.05, 4.69) is 15.3 Å². The van der Waals surface area contributed by atoms with Crippen LogP contribution < -0.4 is 10.1 Å². The number of likely N-dealkylation sites (N-methyl/N-ethyl adjacent to an activating group) is 1. The van der Waals surface area contributed by atoms with Gasteiger partial charge >= 0.3 is 0 Å². The first kappa shape index (κ1) is 23.4. The molecule has 0 fully saturated rings. The van der Waals surface area contributed by atoms with Crippen LogP contribution in [0.1, 0.15) is 36.8 Å². The molecule has 0 bridgehead atoms. The van der Waals surface area contributed by atoms with Crippen molar-refractivity contribution in [1.82, 2.24) is 20.2 Å². The third-order valence-electron chi connectivity index (χ3n) is 5.07. The number of amides is 1. The number of carbonyl (C=O) groups excluding carboxylic acids is 1. The molecule has 2 aromatic heterocycles. The fraction of sp³-hybridized carbons (Fsp3) is 0.375. The molecule has 2 heterocycles. The average molecular weight is 439 g/mol. The number of benzene rings is 1. The number of ether oxygens (including phenoxy) is 1. The van der Waals surface area contributed by atoms with Gasteiger partial charge in [-0.15, -0.1) is 0 Å². The number of rotatable bonds is 11. The highest BCUT2D eigenvalue weighted by atomic mass is 16.5. The summed E-state index contributed by atoms with van der Waals surface area (Å²) in [7, 11) is 3.46. The molecule has 0 spiro atoms. The van der Waals surface area contributed by atoms with Crippen LogP contribution in [0.4, 0.5) is 0 Å². The standard InChI is InChI=1S/C24H30N4O4/c1-4-20(24(30)28(2)3)23-27-21(16-32-23)17-7-9-19(10-8-17)31-13-12-26-15-22(29)18-6-5-11-25-14-18/h5-11,14,16,20,22,26,29H,4,12-13,15H2,1-3H3. The smallest absolute Gasteiger partial charge is 0.234 e. The summed E-state index contributed by atoms with van der Waals surface area (Å²) in [6.07, 6.45) is 4.93. The molecule has 0 aliphatic heterocycles. The van der Waals surface area contributed by atoms with E-state index in [4.69, 9.17) is 9.15 Å². The number of aliphatic hydroxyl groups excluding tert-OH is 1. The van der Waals surface area contributed by atoms with Crippen LogP contribution in [0.25, 0.3) is 11.3 Å². The summed E-state index contributed by atoms with van der Waals surface area (Å²) in [6, 6.07) is 11.2. The zero-order valence-corrected chi connectivity index (χ0v) is 18.7. The number of hydrogen-bond acceptors (Lipinski definition) is 7. The Morgan fingerprint density at radius 1 is 1.25 bits per heavy atom. The maximum absolute atomic E-state index is 12.3. The van der Waals surface area contributed by atoms with Crippen molar-refractivity contribution in [2.75, 3.05) is 33.8 Å². The molecular weight excluding hydrogens is 408 g/mol. The van der Waals surface area contributed by atoms with Crippen LogP contribution in [0.5, 0.6) is 5.75 Å². The quantitative estimate of drug-likeness (QED) is 0.444. The van der Waals surface area contributed by atoms with Gasteiger partial charge in [-0.3, -0.25) is 9.78 Å². The third kappa shape index (κ3) is 6.15. The average Bonchev–Trinajstić information content (AvgIpc) is 3.30. The summed E-state index contributed by atoms with van der Waals surface area (Å²) in [6.45, 7) is 3.44. The molecule has 0 radical (unpaired) electrons. The molecule has 170 valence electrons. The molecule has 8 nitrogen and oxygen atoms in total. The van der Waals surface area contributed by atoms with Crippen molar-refractivity contribution in [3.63, 3.8) is 0 Å². The molecule has 0 aliphatic rings. The number of nitrogens with zero attached hydrogens (tertiary/aromatic N) is 3. The first-order valence-corrected chi connectivity index (χ1v) is 10.7. The van der Waals surface area contributed by atoms with E-state index in [0.29, 0.717) is 37.7 Å². The minimum Gasteiger partial charge on any atom is -0.492 e. The van der Waals surface area contributed by atoms with E-state index in [0.717, 1.165) is 16.9 Å². The zero-order chi connectivity index (χ0) is 22.9. The second kappa shape index (κ2) is 11.4. The van der Waals surface area contributed by atoms with Crippen LogP contribution in [-0.2, 0) is 4.79 Å². The van der Waals surface area contributed by atoms with Crippen molar-refractivity contribution in [2.24, 2.45) is 0 Å². The Balaban J connectivity index is 1.47. The number of hydrogen-bond donors (Lipinski definition) is 2. The Labute approximate surface area is 188 Å². The molecule has 0 saturated heterocycles. The maximum atomic E-state index is 12.3. The minimum atomic E-state index is -0.601. The van der Waals surface area contributed by atoms with Gasteiger partial charge in [-0.2, -0.15) is 0 Å². The molecule has 2 N–H and O–H groups in total. The summed E-state index contributed by atoms with van der Waals surface area (Å²) < 4.78 is 11.3. The third-order valence-corrected chi connectivity index (χ3v) is 5.07. The molecule has 8 heteroatoms. The van der Waals surface area contributed by atoms with Gasteiger partial charge < -0.3 is 24.5 Å². The first-order valence-electron chi connectivity index (χ1n) is 10.7. The minimum absolute atomic E-state index is 0.0220. The SMILES string of the molecule is CCC(C(=O)N(C)C)c1nc(-c2ccc(OCCNCC(O)c3cccnc3)cc2)co1. The predicted octanol–water partition coefficient (Wildman–Crippen LogP) is 3.02. The van der Waals surface area contributed by atoms with Crippen LogP contribution in [0, 0.1) is 0 Å². The predicted molar refractivity (Wildman–Crippen MR) is 121 cm³/mol. The lowest BCUT2D eigenvalue weighted by molar-refractivity contribution is -0.130. The summed E-state index contributed by atoms with van der Waals surface area (Å²) in [4.78, 5) is 22.4. The molecule has 3 rings (SSSR count). The molecular formula is C24H30N4O4. The maximum Gasteiger partial charge on any atom is 0.234 e. The normalized spacial score (nSPS) is 12.9. The molecule has 1 aromatic carbocycles. The fourth-order valence-electron chi connectivity index (χ4n) is 3.24. The highest BCUT2D eigenvalue weighted by molar-refractivity contribution is 5.82. The van der Waals surface area contributed by atoms with Crippen molar-refractivity contribution in [2.45, 2.75) is 25.4 Å². The van der Waals surface area contributed by atoms with E-state index in [1.165, 1.54) is 0 Å². The highest BCUT2D eigenvalue weighted by Gasteiger charge is 2.25. The van der Waals surface area contributed by atoms with E-state index < -0.39 is 6.10 Å². The number of aromatic nitrogens is 2. The Hall–Kier alpha value is -3.23. The first-order chi connectivity index (χ1) is 15.5. The molecule has 0 saturated carbocycles. The van der Waals surface area contributed by atoms with Gasteiger partial charge in [0.05, 0.1) is 6.10 Å². The second-order valence-electron chi connectivity index (χ2n) is 7.64. The molecule has 1 amide bonds. The lowest BCUT2D eigenvalue weighted by Gasteiger charge is -2.16. The molecule has 2 unspecified atom stereocenters. The van der Waals surface area contributed by atoms with Gasteiger partial charge in [0, 0.05) is 50.7 Å². The summed E-state index contributed by atoms with van der Waals surface area (Å²) in [5, 5.41) is 13.3. The summed E-state index contributed by atoms with van der Waals surface area (Å²) in [5.74, 6) is 0.763. The Morgan fingerprint density at radius 3 is 2.69 bits per heavy atom. The summed E-state index contributed by atoms with van der Waals surface area (Å²) >= 11 is 0. The van der Waals surface area contributed by atoms with Gasteiger partial charge in [0.2, 0.25) is 11.8 Å². The van der Waals surface area contributed by atoms with Crippen LogP contribution in [0.15, 0.2) is 59.5 Å². The Morgan fingerprint density at radius 2 is 2.03 bits per heavy atom. The topological polar surface area (TPSA) is 101 Å². The monoisotopic (exact) mass is 438 g/mol. The van der Waals surface area contributed by atoms with Crippen molar-refractivity contribution in [3.05, 3.63) is 66.5 Å². The van der Waals surface area contributed by atoms with E-state index >= 15 is 0 Å². The van der Waals surface area contributed by atoms with E-state index in [-0.39, 0.29) is 11.8 Å². The number of aliphatic hydroxyl groups is 1. The number of nitrogens with one attached hydrogen (secondary N) is 1. The lowest BCUT2D eigenvalue weighted by Crippen LogP contribution is -2.28. The van der Waals surface area contributed by atoms with Crippen molar-refractivity contribution < 1.29 is 19.1 Å². The largest absolute Gasteiger partial charge is 0.492 e.